The number of hydrogen-bond donors (Lipinski definition) is 1. The highest BCUT2D eigenvalue weighted by Crippen LogP contribution is 2.18. The molecule has 0 saturated carbocycles. The number of carbonyl (C=O) groups excluding carboxylic acids is 1. The van der Waals surface area contributed by atoms with E-state index in [0.717, 1.165) is 18.5 Å². The largest absolute Gasteiger partial charge is 0.379 e. The van der Waals surface area contributed by atoms with Crippen LogP contribution in [-0.4, -0.2) is 56.0 Å². The first-order valence-corrected chi connectivity index (χ1v) is 12.2. The number of hydrogen-bond acceptors (Lipinski definition) is 4. The number of sulfonamides is 1. The van der Waals surface area contributed by atoms with E-state index in [1.54, 1.807) is 30.3 Å². The fraction of sp³-hybridized carbons (Fsp3) is 0.292. The molecule has 1 amide bonds. The third kappa shape index (κ3) is 5.27. The van der Waals surface area contributed by atoms with Crippen molar-refractivity contribution in [2.75, 3.05) is 32.8 Å². The zero-order valence-corrected chi connectivity index (χ0v) is 18.6. The number of nitrogens with zero attached hydrogens (tertiary/aromatic N) is 2. The van der Waals surface area contributed by atoms with E-state index in [1.165, 1.54) is 21.3 Å². The number of aryl methyl sites for hydroxylation is 1. The van der Waals surface area contributed by atoms with Crippen LogP contribution >= 0.6 is 0 Å². The fourth-order valence-electron chi connectivity index (χ4n) is 3.71. The summed E-state index contributed by atoms with van der Waals surface area (Å²) in [5.74, 6) is -0.174. The first kappa shape index (κ1) is 22.3. The van der Waals surface area contributed by atoms with E-state index in [0.29, 0.717) is 32.8 Å². The van der Waals surface area contributed by atoms with Crippen molar-refractivity contribution >= 4 is 32.9 Å². The SMILES string of the molecule is O=C(/C=C/c1ccc(S(=O)(=O)N2CCOCC2)cc1)NCCCn1ccc2ccccc21. The summed E-state index contributed by atoms with van der Waals surface area (Å²) in [4.78, 5) is 12.4. The van der Waals surface area contributed by atoms with Gasteiger partial charge in [0, 0.05) is 44.0 Å². The van der Waals surface area contributed by atoms with Gasteiger partial charge in [-0.15, -0.1) is 0 Å². The molecule has 168 valence electrons. The molecule has 1 aliphatic heterocycles. The molecule has 0 unspecified atom stereocenters. The molecule has 1 fully saturated rings. The van der Waals surface area contributed by atoms with Crippen LogP contribution in [0.4, 0.5) is 0 Å². The molecule has 1 aliphatic rings. The fourth-order valence-corrected chi connectivity index (χ4v) is 5.12. The van der Waals surface area contributed by atoms with Crippen LogP contribution in [-0.2, 0) is 26.1 Å². The Morgan fingerprint density at radius 2 is 1.78 bits per heavy atom. The molecular formula is C24H27N3O4S. The lowest BCUT2D eigenvalue weighted by atomic mass is 10.2. The zero-order chi connectivity index (χ0) is 22.4. The summed E-state index contributed by atoms with van der Waals surface area (Å²) in [7, 11) is -3.51. The van der Waals surface area contributed by atoms with Crippen LogP contribution < -0.4 is 5.32 Å². The van der Waals surface area contributed by atoms with E-state index in [4.69, 9.17) is 4.74 Å². The molecular weight excluding hydrogens is 426 g/mol. The van der Waals surface area contributed by atoms with Gasteiger partial charge in [0.2, 0.25) is 15.9 Å². The number of aromatic nitrogens is 1. The minimum Gasteiger partial charge on any atom is -0.379 e. The zero-order valence-electron chi connectivity index (χ0n) is 17.8. The number of amides is 1. The Hall–Kier alpha value is -2.94. The Kier molecular flexibility index (Phi) is 7.04. The highest BCUT2D eigenvalue weighted by Gasteiger charge is 2.25. The topological polar surface area (TPSA) is 80.6 Å². The van der Waals surface area contributed by atoms with Crippen LogP contribution in [0.25, 0.3) is 17.0 Å². The highest BCUT2D eigenvalue weighted by molar-refractivity contribution is 7.89. The smallest absolute Gasteiger partial charge is 0.244 e. The summed E-state index contributed by atoms with van der Waals surface area (Å²) < 4.78 is 34.2. The van der Waals surface area contributed by atoms with Gasteiger partial charge in [-0.2, -0.15) is 4.31 Å². The Morgan fingerprint density at radius 1 is 1.03 bits per heavy atom. The molecule has 1 saturated heterocycles. The average molecular weight is 454 g/mol. The molecule has 2 heterocycles. The van der Waals surface area contributed by atoms with Gasteiger partial charge in [0.15, 0.2) is 0 Å². The van der Waals surface area contributed by atoms with Gasteiger partial charge in [-0.05, 0) is 47.7 Å². The maximum absolute atomic E-state index is 12.7. The number of para-hydroxylation sites is 1. The second kappa shape index (κ2) is 10.1. The Labute approximate surface area is 188 Å². The van der Waals surface area contributed by atoms with Crippen molar-refractivity contribution in [1.29, 1.82) is 0 Å². The van der Waals surface area contributed by atoms with E-state index in [9.17, 15) is 13.2 Å². The number of morpholine rings is 1. The third-order valence-electron chi connectivity index (χ3n) is 5.47. The quantitative estimate of drug-likeness (QED) is 0.420. The van der Waals surface area contributed by atoms with Gasteiger partial charge in [-0.1, -0.05) is 30.3 Å². The number of rotatable bonds is 8. The molecule has 32 heavy (non-hydrogen) atoms. The van der Waals surface area contributed by atoms with Gasteiger partial charge in [-0.3, -0.25) is 4.79 Å². The van der Waals surface area contributed by atoms with Crippen molar-refractivity contribution in [2.45, 2.75) is 17.9 Å². The molecule has 1 aromatic heterocycles. The number of fused-ring (bicyclic) bond motifs is 1. The van der Waals surface area contributed by atoms with Crippen LogP contribution in [0.3, 0.4) is 0 Å². The van der Waals surface area contributed by atoms with Gasteiger partial charge >= 0.3 is 0 Å². The molecule has 0 spiro atoms. The van der Waals surface area contributed by atoms with Crippen LogP contribution in [0.15, 0.2) is 71.8 Å². The van der Waals surface area contributed by atoms with E-state index >= 15 is 0 Å². The number of ether oxygens (including phenoxy) is 1. The molecule has 2 aromatic carbocycles. The first-order valence-electron chi connectivity index (χ1n) is 10.7. The minimum atomic E-state index is -3.51. The number of benzene rings is 2. The maximum Gasteiger partial charge on any atom is 0.244 e. The van der Waals surface area contributed by atoms with Crippen LogP contribution in [0, 0.1) is 0 Å². The summed E-state index contributed by atoms with van der Waals surface area (Å²) in [5.41, 5.74) is 1.96. The molecule has 1 N–H and O–H groups in total. The highest BCUT2D eigenvalue weighted by atomic mass is 32.2. The van der Waals surface area contributed by atoms with E-state index in [1.807, 2.05) is 12.1 Å². The molecule has 0 bridgehead atoms. The standard InChI is InChI=1S/C24H27N3O4S/c28-24(25-13-3-14-26-15-12-21-4-1-2-5-23(21)26)11-8-20-6-9-22(10-7-20)32(29,30)27-16-18-31-19-17-27/h1-2,4-12,15H,3,13-14,16-19H2,(H,25,28)/b11-8+. The number of nitrogens with one attached hydrogen (secondary N) is 1. The van der Waals surface area contributed by atoms with E-state index in [2.05, 4.69) is 34.3 Å². The lowest BCUT2D eigenvalue weighted by molar-refractivity contribution is -0.116. The second-order valence-corrected chi connectivity index (χ2v) is 9.57. The molecule has 4 rings (SSSR count). The predicted octanol–water partition coefficient (Wildman–Crippen LogP) is 2.88. The predicted molar refractivity (Wildman–Crippen MR) is 125 cm³/mol. The summed E-state index contributed by atoms with van der Waals surface area (Å²) in [6.07, 6.45) is 6.04. The van der Waals surface area contributed by atoms with Crippen molar-refractivity contribution in [1.82, 2.24) is 14.2 Å². The molecule has 0 radical (unpaired) electrons. The van der Waals surface area contributed by atoms with Crippen molar-refractivity contribution in [3.05, 3.63) is 72.4 Å². The van der Waals surface area contributed by atoms with Gasteiger partial charge in [0.1, 0.15) is 0 Å². The van der Waals surface area contributed by atoms with E-state index < -0.39 is 10.0 Å². The minimum absolute atomic E-state index is 0.174. The van der Waals surface area contributed by atoms with Crippen molar-refractivity contribution < 1.29 is 17.9 Å². The van der Waals surface area contributed by atoms with Crippen LogP contribution in [0.2, 0.25) is 0 Å². The molecule has 7 nitrogen and oxygen atoms in total. The Morgan fingerprint density at radius 3 is 2.56 bits per heavy atom. The first-order chi connectivity index (χ1) is 15.5. The Bertz CT molecular complexity index is 1190. The second-order valence-electron chi connectivity index (χ2n) is 7.63. The maximum atomic E-state index is 12.7. The normalized spacial score (nSPS) is 15.4. The van der Waals surface area contributed by atoms with Crippen molar-refractivity contribution in [3.63, 3.8) is 0 Å². The molecule has 3 aromatic rings. The van der Waals surface area contributed by atoms with Gasteiger partial charge in [-0.25, -0.2) is 8.42 Å². The number of carbonyl (C=O) groups is 1. The van der Waals surface area contributed by atoms with Crippen LogP contribution in [0.5, 0.6) is 0 Å². The summed E-state index contributed by atoms with van der Waals surface area (Å²) in [6, 6.07) is 16.9. The van der Waals surface area contributed by atoms with Gasteiger partial charge in [0.25, 0.3) is 0 Å². The monoisotopic (exact) mass is 453 g/mol. The van der Waals surface area contributed by atoms with E-state index in [-0.39, 0.29) is 10.8 Å². The van der Waals surface area contributed by atoms with Crippen molar-refractivity contribution in [3.8, 4) is 0 Å². The summed E-state index contributed by atoms with van der Waals surface area (Å²) >= 11 is 0. The average Bonchev–Trinajstić information content (AvgIpc) is 3.24. The van der Waals surface area contributed by atoms with Crippen LogP contribution in [0.1, 0.15) is 12.0 Å². The van der Waals surface area contributed by atoms with Gasteiger partial charge in [0.05, 0.1) is 18.1 Å². The third-order valence-corrected chi connectivity index (χ3v) is 7.38. The molecule has 0 atom stereocenters. The lowest BCUT2D eigenvalue weighted by Gasteiger charge is -2.26. The molecule has 0 aliphatic carbocycles. The molecule has 8 heteroatoms. The van der Waals surface area contributed by atoms with Crippen molar-refractivity contribution in [2.24, 2.45) is 0 Å². The summed E-state index contributed by atoms with van der Waals surface area (Å²) in [5, 5.41) is 4.10. The lowest BCUT2D eigenvalue weighted by Crippen LogP contribution is -2.40. The Balaban J connectivity index is 1.25. The van der Waals surface area contributed by atoms with Gasteiger partial charge < -0.3 is 14.6 Å². The summed E-state index contributed by atoms with van der Waals surface area (Å²) in [6.45, 7) is 2.97.